The van der Waals surface area contributed by atoms with Gasteiger partial charge in [-0.1, -0.05) is 6.07 Å². The van der Waals surface area contributed by atoms with Crippen LogP contribution < -0.4 is 5.56 Å². The predicted molar refractivity (Wildman–Crippen MR) is 53.9 cm³/mol. The van der Waals surface area contributed by atoms with E-state index in [-0.39, 0.29) is 10.9 Å². The highest BCUT2D eigenvalue weighted by atomic mass is 19.1. The van der Waals surface area contributed by atoms with Gasteiger partial charge in [0.1, 0.15) is 5.82 Å². The molecule has 72 valence electrons. The molecule has 2 aromatic rings. The van der Waals surface area contributed by atoms with Crippen LogP contribution in [-0.4, -0.2) is 4.57 Å². The lowest BCUT2D eigenvalue weighted by Gasteiger charge is -2.03. The second-order valence-electron chi connectivity index (χ2n) is 3.44. The summed E-state index contributed by atoms with van der Waals surface area (Å²) in [5.74, 6) is -0.443. The molecule has 1 heterocycles. The number of pyridine rings is 1. The molecule has 0 atom stereocenters. The number of halogens is 1. The number of hydrogen-bond acceptors (Lipinski definition) is 1. The Morgan fingerprint density at radius 2 is 2.07 bits per heavy atom. The topological polar surface area (TPSA) is 22.0 Å². The number of aromatic nitrogens is 1. The maximum atomic E-state index is 13.5. The zero-order chi connectivity index (χ0) is 10.3. The van der Waals surface area contributed by atoms with Crippen molar-refractivity contribution in [2.45, 2.75) is 6.92 Å². The minimum atomic E-state index is -0.443. The van der Waals surface area contributed by atoms with Gasteiger partial charge in [0, 0.05) is 13.2 Å². The van der Waals surface area contributed by atoms with Crippen LogP contribution in [0, 0.1) is 12.7 Å². The van der Waals surface area contributed by atoms with Gasteiger partial charge in [-0.2, -0.15) is 0 Å². The lowest BCUT2D eigenvalue weighted by Crippen LogP contribution is -2.16. The number of rotatable bonds is 0. The van der Waals surface area contributed by atoms with E-state index < -0.39 is 5.82 Å². The summed E-state index contributed by atoms with van der Waals surface area (Å²) < 4.78 is 14.9. The first-order valence-corrected chi connectivity index (χ1v) is 4.35. The summed E-state index contributed by atoms with van der Waals surface area (Å²) in [6.45, 7) is 1.81. The van der Waals surface area contributed by atoms with Crippen molar-refractivity contribution in [3.05, 3.63) is 46.1 Å². The molecular weight excluding hydrogens is 181 g/mol. The maximum Gasteiger partial charge on any atom is 0.261 e. The van der Waals surface area contributed by atoms with Gasteiger partial charge in [-0.25, -0.2) is 4.39 Å². The molecule has 0 saturated heterocycles. The average Bonchev–Trinajstić information content (AvgIpc) is 2.10. The van der Waals surface area contributed by atoms with Gasteiger partial charge in [-0.15, -0.1) is 0 Å². The van der Waals surface area contributed by atoms with Gasteiger partial charge >= 0.3 is 0 Å². The number of benzene rings is 1. The van der Waals surface area contributed by atoms with E-state index in [1.165, 1.54) is 10.6 Å². The highest BCUT2D eigenvalue weighted by Crippen LogP contribution is 2.15. The molecule has 2 rings (SSSR count). The summed E-state index contributed by atoms with van der Waals surface area (Å²) in [4.78, 5) is 11.6. The van der Waals surface area contributed by atoms with E-state index in [2.05, 4.69) is 0 Å². The van der Waals surface area contributed by atoms with Gasteiger partial charge in [0.05, 0.1) is 5.39 Å². The number of hydrogen-bond donors (Lipinski definition) is 0. The molecule has 1 aromatic heterocycles. The molecule has 0 N–H and O–H groups in total. The predicted octanol–water partition coefficient (Wildman–Crippen LogP) is 1.99. The molecular formula is C11H10FNO. The lowest BCUT2D eigenvalue weighted by molar-refractivity contribution is 0.636. The number of fused-ring (bicyclic) bond motifs is 1. The largest absolute Gasteiger partial charge is 0.318 e. The van der Waals surface area contributed by atoms with Crippen LogP contribution in [0.5, 0.6) is 0 Å². The Bertz CT molecular complexity index is 557. The summed E-state index contributed by atoms with van der Waals surface area (Å²) in [5, 5.41) is 0.825. The molecule has 0 fully saturated rings. The molecule has 0 aliphatic heterocycles. The van der Waals surface area contributed by atoms with Gasteiger partial charge in [0.25, 0.3) is 5.56 Å². The quantitative estimate of drug-likeness (QED) is 0.624. The Balaban J connectivity index is 3.03. The van der Waals surface area contributed by atoms with Gasteiger partial charge in [-0.05, 0) is 30.0 Å². The van der Waals surface area contributed by atoms with Crippen LogP contribution in [0.2, 0.25) is 0 Å². The van der Waals surface area contributed by atoms with E-state index in [1.807, 2.05) is 0 Å². The molecule has 0 saturated carbocycles. The van der Waals surface area contributed by atoms with E-state index in [1.54, 1.807) is 32.3 Å². The normalized spacial score (nSPS) is 10.8. The molecule has 0 spiro atoms. The fraction of sp³-hybridized carbons (Fsp3) is 0.182. The van der Waals surface area contributed by atoms with Crippen molar-refractivity contribution < 1.29 is 4.39 Å². The van der Waals surface area contributed by atoms with Gasteiger partial charge in [0.2, 0.25) is 0 Å². The molecule has 0 bridgehead atoms. The molecule has 0 aliphatic carbocycles. The molecule has 0 radical (unpaired) electrons. The molecule has 1 aromatic carbocycles. The number of aryl methyl sites for hydroxylation is 2. The maximum absolute atomic E-state index is 13.5. The summed E-state index contributed by atoms with van der Waals surface area (Å²) in [6.07, 6.45) is 1.64. The van der Waals surface area contributed by atoms with Crippen LogP contribution in [0.1, 0.15) is 5.56 Å². The lowest BCUT2D eigenvalue weighted by atomic mass is 10.1. The highest BCUT2D eigenvalue weighted by molar-refractivity contribution is 5.82. The van der Waals surface area contributed by atoms with Gasteiger partial charge in [-0.3, -0.25) is 4.79 Å². The summed E-state index contributed by atoms with van der Waals surface area (Å²) in [5.41, 5.74) is 0.531. The van der Waals surface area contributed by atoms with Crippen molar-refractivity contribution in [2.24, 2.45) is 7.05 Å². The van der Waals surface area contributed by atoms with E-state index in [9.17, 15) is 9.18 Å². The Morgan fingerprint density at radius 1 is 1.36 bits per heavy atom. The van der Waals surface area contributed by atoms with Crippen LogP contribution in [0.3, 0.4) is 0 Å². The van der Waals surface area contributed by atoms with Crippen LogP contribution in [-0.2, 0) is 7.05 Å². The standard InChI is InChI=1S/C11H10FNO/c1-7-5-8-3-4-13(2)11(14)10(8)9(12)6-7/h3-6H,1-2H3. The van der Waals surface area contributed by atoms with Gasteiger partial charge in [0.15, 0.2) is 0 Å². The third kappa shape index (κ3) is 1.21. The minimum Gasteiger partial charge on any atom is -0.318 e. The Kier molecular flexibility index (Phi) is 1.88. The van der Waals surface area contributed by atoms with Crippen LogP contribution in [0.25, 0.3) is 10.8 Å². The molecule has 0 unspecified atom stereocenters. The third-order valence-electron chi connectivity index (χ3n) is 2.28. The van der Waals surface area contributed by atoms with Crippen molar-refractivity contribution in [1.82, 2.24) is 4.57 Å². The van der Waals surface area contributed by atoms with Gasteiger partial charge < -0.3 is 4.57 Å². The summed E-state index contributed by atoms with van der Waals surface area (Å²) in [7, 11) is 1.61. The van der Waals surface area contributed by atoms with E-state index in [0.29, 0.717) is 5.39 Å². The first-order chi connectivity index (χ1) is 6.59. The van der Waals surface area contributed by atoms with Crippen LogP contribution in [0.4, 0.5) is 4.39 Å². The third-order valence-corrected chi connectivity index (χ3v) is 2.28. The van der Waals surface area contributed by atoms with Crippen molar-refractivity contribution in [1.29, 1.82) is 0 Å². The molecule has 2 nitrogen and oxygen atoms in total. The SMILES string of the molecule is Cc1cc(F)c2c(=O)n(C)ccc2c1. The molecule has 3 heteroatoms. The minimum absolute atomic E-state index is 0.167. The van der Waals surface area contributed by atoms with Crippen molar-refractivity contribution in [3.8, 4) is 0 Å². The average molecular weight is 191 g/mol. The Labute approximate surface area is 80.6 Å². The van der Waals surface area contributed by atoms with Crippen LogP contribution >= 0.6 is 0 Å². The second-order valence-corrected chi connectivity index (χ2v) is 3.44. The van der Waals surface area contributed by atoms with E-state index in [4.69, 9.17) is 0 Å². The second kappa shape index (κ2) is 2.94. The van der Waals surface area contributed by atoms with Crippen LogP contribution in [0.15, 0.2) is 29.2 Å². The summed E-state index contributed by atoms with van der Waals surface area (Å²) in [6, 6.07) is 4.93. The molecule has 14 heavy (non-hydrogen) atoms. The van der Waals surface area contributed by atoms with Crippen molar-refractivity contribution >= 4 is 10.8 Å². The first-order valence-electron chi connectivity index (χ1n) is 4.35. The highest BCUT2D eigenvalue weighted by Gasteiger charge is 2.06. The Hall–Kier alpha value is -1.64. The molecule has 0 aliphatic rings. The monoisotopic (exact) mass is 191 g/mol. The van der Waals surface area contributed by atoms with Crippen molar-refractivity contribution in [2.75, 3.05) is 0 Å². The van der Waals surface area contributed by atoms with E-state index >= 15 is 0 Å². The zero-order valence-corrected chi connectivity index (χ0v) is 8.04. The Morgan fingerprint density at radius 3 is 2.79 bits per heavy atom. The smallest absolute Gasteiger partial charge is 0.261 e. The first kappa shape index (κ1) is 8.94. The fourth-order valence-electron chi connectivity index (χ4n) is 1.56. The fourth-order valence-corrected chi connectivity index (χ4v) is 1.56. The summed E-state index contributed by atoms with van der Waals surface area (Å²) >= 11 is 0. The van der Waals surface area contributed by atoms with E-state index in [0.717, 1.165) is 5.56 Å². The van der Waals surface area contributed by atoms with Crippen molar-refractivity contribution in [3.63, 3.8) is 0 Å². The molecule has 0 amide bonds. The number of nitrogens with zero attached hydrogens (tertiary/aromatic N) is 1. The zero-order valence-electron chi connectivity index (χ0n) is 8.04.